The number of anilines is 2. The van der Waals surface area contributed by atoms with Gasteiger partial charge in [0.25, 0.3) is 0 Å². The fourth-order valence-corrected chi connectivity index (χ4v) is 3.63. The van der Waals surface area contributed by atoms with Gasteiger partial charge in [0.2, 0.25) is 10.2 Å². The van der Waals surface area contributed by atoms with Crippen molar-refractivity contribution in [1.29, 1.82) is 0 Å². The van der Waals surface area contributed by atoms with Crippen molar-refractivity contribution >= 4 is 45.1 Å². The van der Waals surface area contributed by atoms with Gasteiger partial charge in [0.05, 0.1) is 0 Å². The third-order valence-corrected chi connectivity index (χ3v) is 5.40. The van der Waals surface area contributed by atoms with E-state index in [2.05, 4.69) is 0 Å². The summed E-state index contributed by atoms with van der Waals surface area (Å²) < 4.78 is 0. The maximum atomic E-state index is 12.3. The quantitative estimate of drug-likeness (QED) is 0.503. The van der Waals surface area contributed by atoms with Gasteiger partial charge < -0.3 is 11.5 Å². The van der Waals surface area contributed by atoms with Crippen molar-refractivity contribution in [2.45, 2.75) is 9.79 Å². The van der Waals surface area contributed by atoms with Crippen molar-refractivity contribution in [2.24, 2.45) is 0 Å². The Labute approximate surface area is 160 Å². The molecule has 4 nitrogen and oxygen atoms in total. The van der Waals surface area contributed by atoms with E-state index in [0.29, 0.717) is 22.5 Å². The summed E-state index contributed by atoms with van der Waals surface area (Å²) in [4.78, 5) is 26.2. The van der Waals surface area contributed by atoms with E-state index in [1.54, 1.807) is 60.7 Å². The summed E-state index contributed by atoms with van der Waals surface area (Å²) in [5.74, 6) is 0. The van der Waals surface area contributed by atoms with Crippen LogP contribution in [0.3, 0.4) is 0 Å². The second kappa shape index (κ2) is 8.12. The zero-order valence-corrected chi connectivity index (χ0v) is 15.3. The van der Waals surface area contributed by atoms with Gasteiger partial charge in [-0.05, 0) is 96.3 Å². The molecule has 0 spiro atoms. The number of nitrogen functional groups attached to an aromatic ring is 2. The van der Waals surface area contributed by atoms with Crippen LogP contribution in [0.25, 0.3) is 0 Å². The molecular weight excluding hydrogens is 364 g/mol. The standard InChI is InChI=1S/C20H16N2O2S2/c21-15-5-1-13(2-6-15)19(23)25-17-9-3-14(4-10-17)20(24)26-18-11-7-16(22)8-12-18/h1-12H,21-22H2. The third-order valence-electron chi connectivity index (χ3n) is 3.54. The van der Waals surface area contributed by atoms with Gasteiger partial charge in [0.1, 0.15) is 0 Å². The molecule has 0 heterocycles. The Bertz CT molecular complexity index is 922. The van der Waals surface area contributed by atoms with Crippen molar-refractivity contribution in [3.05, 3.63) is 83.9 Å². The van der Waals surface area contributed by atoms with Gasteiger partial charge in [-0.3, -0.25) is 9.59 Å². The molecule has 0 aliphatic carbocycles. The van der Waals surface area contributed by atoms with Crippen molar-refractivity contribution in [2.75, 3.05) is 11.5 Å². The Kier molecular flexibility index (Phi) is 5.65. The van der Waals surface area contributed by atoms with Crippen LogP contribution in [0.15, 0.2) is 82.6 Å². The highest BCUT2D eigenvalue weighted by atomic mass is 32.2. The lowest BCUT2D eigenvalue weighted by molar-refractivity contribution is 0.108. The van der Waals surface area contributed by atoms with Crippen LogP contribution in [0.4, 0.5) is 11.4 Å². The minimum atomic E-state index is -0.0691. The molecule has 0 fully saturated rings. The minimum absolute atomic E-state index is 0.0591. The number of hydrogen-bond acceptors (Lipinski definition) is 6. The lowest BCUT2D eigenvalue weighted by Crippen LogP contribution is -1.95. The summed E-state index contributed by atoms with van der Waals surface area (Å²) >= 11 is 2.26. The number of rotatable bonds is 4. The molecule has 0 bridgehead atoms. The van der Waals surface area contributed by atoms with Crippen LogP contribution in [0, 0.1) is 0 Å². The Morgan fingerprint density at radius 3 is 1.27 bits per heavy atom. The van der Waals surface area contributed by atoms with E-state index in [9.17, 15) is 9.59 Å². The molecule has 0 aliphatic heterocycles. The van der Waals surface area contributed by atoms with E-state index in [1.807, 2.05) is 12.1 Å². The summed E-state index contributed by atoms with van der Waals surface area (Å²) in [6, 6.07) is 21.0. The average molecular weight is 380 g/mol. The Hall–Kier alpha value is -2.70. The van der Waals surface area contributed by atoms with Gasteiger partial charge in [0.15, 0.2) is 0 Å². The number of nitrogens with two attached hydrogens (primary N) is 2. The third kappa shape index (κ3) is 4.68. The largest absolute Gasteiger partial charge is 0.399 e. The highest BCUT2D eigenvalue weighted by Gasteiger charge is 2.11. The van der Waals surface area contributed by atoms with Crippen molar-refractivity contribution in [3.8, 4) is 0 Å². The Morgan fingerprint density at radius 2 is 0.846 bits per heavy atom. The lowest BCUT2D eigenvalue weighted by Gasteiger charge is -2.04. The number of carbonyl (C=O) groups is 2. The van der Waals surface area contributed by atoms with Gasteiger partial charge >= 0.3 is 0 Å². The monoisotopic (exact) mass is 380 g/mol. The number of hydrogen-bond donors (Lipinski definition) is 2. The average Bonchev–Trinajstić information content (AvgIpc) is 2.64. The van der Waals surface area contributed by atoms with Gasteiger partial charge in [-0.1, -0.05) is 0 Å². The highest BCUT2D eigenvalue weighted by Crippen LogP contribution is 2.27. The SMILES string of the molecule is Nc1ccc(SC(=O)c2ccc(SC(=O)c3ccc(N)cc3)cc2)cc1. The van der Waals surface area contributed by atoms with Gasteiger partial charge in [0, 0.05) is 32.3 Å². The zero-order valence-electron chi connectivity index (χ0n) is 13.7. The molecule has 3 rings (SSSR count). The fraction of sp³-hybridized carbons (Fsp3) is 0. The molecule has 0 amide bonds. The number of benzene rings is 3. The van der Waals surface area contributed by atoms with Crippen LogP contribution in [0.1, 0.15) is 20.7 Å². The minimum Gasteiger partial charge on any atom is -0.399 e. The van der Waals surface area contributed by atoms with Crippen LogP contribution >= 0.6 is 23.5 Å². The smallest absolute Gasteiger partial charge is 0.224 e. The Morgan fingerprint density at radius 1 is 0.538 bits per heavy atom. The van der Waals surface area contributed by atoms with Gasteiger partial charge in [-0.2, -0.15) is 0 Å². The van der Waals surface area contributed by atoms with Crippen LogP contribution in [-0.2, 0) is 0 Å². The van der Waals surface area contributed by atoms with Crippen molar-refractivity contribution in [3.63, 3.8) is 0 Å². The molecule has 0 radical (unpaired) electrons. The van der Waals surface area contributed by atoms with Crippen LogP contribution in [0.2, 0.25) is 0 Å². The van der Waals surface area contributed by atoms with Crippen LogP contribution in [-0.4, -0.2) is 10.2 Å². The van der Waals surface area contributed by atoms with Gasteiger partial charge in [-0.15, -0.1) is 0 Å². The summed E-state index contributed by atoms with van der Waals surface area (Å²) in [6.45, 7) is 0. The molecule has 4 N–H and O–H groups in total. The zero-order chi connectivity index (χ0) is 18.5. The van der Waals surface area contributed by atoms with E-state index in [-0.39, 0.29) is 10.2 Å². The van der Waals surface area contributed by atoms with Gasteiger partial charge in [-0.25, -0.2) is 0 Å². The summed E-state index contributed by atoms with van der Waals surface area (Å²) in [5.41, 5.74) is 13.7. The highest BCUT2D eigenvalue weighted by molar-refractivity contribution is 8.14. The number of thioether (sulfide) groups is 2. The fourth-order valence-electron chi connectivity index (χ4n) is 2.15. The van der Waals surface area contributed by atoms with Crippen LogP contribution < -0.4 is 11.5 Å². The van der Waals surface area contributed by atoms with Crippen molar-refractivity contribution in [1.82, 2.24) is 0 Å². The molecule has 0 saturated carbocycles. The molecule has 3 aromatic carbocycles. The first-order valence-electron chi connectivity index (χ1n) is 7.77. The second-order valence-electron chi connectivity index (χ2n) is 5.49. The normalized spacial score (nSPS) is 10.5. The molecule has 0 atom stereocenters. The van der Waals surface area contributed by atoms with Crippen molar-refractivity contribution < 1.29 is 9.59 Å². The second-order valence-corrected chi connectivity index (χ2v) is 7.59. The van der Waals surface area contributed by atoms with E-state index in [4.69, 9.17) is 11.5 Å². The first-order valence-corrected chi connectivity index (χ1v) is 9.40. The molecular formula is C20H16N2O2S2. The summed E-state index contributed by atoms with van der Waals surface area (Å²) in [7, 11) is 0. The Balaban J connectivity index is 1.64. The molecule has 3 aromatic rings. The van der Waals surface area contributed by atoms with E-state index in [0.717, 1.165) is 33.3 Å². The van der Waals surface area contributed by atoms with E-state index >= 15 is 0 Å². The van der Waals surface area contributed by atoms with Crippen LogP contribution in [0.5, 0.6) is 0 Å². The van der Waals surface area contributed by atoms with E-state index in [1.165, 1.54) is 0 Å². The lowest BCUT2D eigenvalue weighted by atomic mass is 10.2. The molecule has 130 valence electrons. The molecule has 26 heavy (non-hydrogen) atoms. The maximum Gasteiger partial charge on any atom is 0.224 e. The predicted molar refractivity (Wildman–Crippen MR) is 109 cm³/mol. The molecule has 0 unspecified atom stereocenters. The molecule has 0 aromatic heterocycles. The van der Waals surface area contributed by atoms with E-state index < -0.39 is 0 Å². The maximum absolute atomic E-state index is 12.3. The first-order chi connectivity index (χ1) is 12.5. The topological polar surface area (TPSA) is 86.2 Å². The molecule has 0 aliphatic rings. The summed E-state index contributed by atoms with van der Waals surface area (Å²) in [6.07, 6.45) is 0. The summed E-state index contributed by atoms with van der Waals surface area (Å²) in [5, 5.41) is -0.128. The molecule has 6 heteroatoms. The number of carbonyl (C=O) groups excluding carboxylic acids is 2. The first kappa shape index (κ1) is 18.1. The predicted octanol–water partition coefficient (Wildman–Crippen LogP) is 4.72. The molecule has 0 saturated heterocycles.